The number of rotatable bonds is 2. The van der Waals surface area contributed by atoms with Crippen LogP contribution in [0.3, 0.4) is 0 Å². The number of aryl methyl sites for hydroxylation is 2. The molecule has 0 aliphatic carbocycles. The van der Waals surface area contributed by atoms with E-state index < -0.39 is 0 Å². The fraction of sp³-hybridized carbons (Fsp3) is 0.389. The highest BCUT2D eigenvalue weighted by molar-refractivity contribution is 9.10. The van der Waals surface area contributed by atoms with E-state index in [9.17, 15) is 4.79 Å². The zero-order valence-electron chi connectivity index (χ0n) is 14.6. The van der Waals surface area contributed by atoms with Crippen molar-refractivity contribution in [2.24, 2.45) is 0 Å². The molecule has 3 aromatic rings. The molecule has 0 amide bonds. The van der Waals surface area contributed by atoms with Crippen molar-refractivity contribution in [2.45, 2.75) is 26.4 Å². The zero-order chi connectivity index (χ0) is 18.3. The van der Waals surface area contributed by atoms with Crippen molar-refractivity contribution in [3.05, 3.63) is 50.1 Å². The molecule has 1 unspecified atom stereocenters. The minimum atomic E-state index is -0.282. The first-order valence-corrected chi connectivity index (χ1v) is 9.28. The van der Waals surface area contributed by atoms with Gasteiger partial charge in [0.2, 0.25) is 0 Å². The van der Waals surface area contributed by atoms with Crippen LogP contribution in [-0.4, -0.2) is 39.6 Å². The lowest BCUT2D eigenvalue weighted by Crippen LogP contribution is -2.16. The molecule has 0 radical (unpaired) electrons. The number of halogens is 1. The summed E-state index contributed by atoms with van der Waals surface area (Å²) in [5, 5.41) is 5.02. The van der Waals surface area contributed by atoms with Gasteiger partial charge in [0.25, 0.3) is 5.56 Å². The Kier molecular flexibility index (Phi) is 4.64. The van der Waals surface area contributed by atoms with Crippen LogP contribution < -0.4 is 5.56 Å². The molecule has 1 atom stereocenters. The average molecular weight is 419 g/mol. The lowest BCUT2D eigenvalue weighted by molar-refractivity contribution is 0.0486. The molecule has 1 saturated heterocycles. The molecule has 1 N–H and O–H groups in total. The van der Waals surface area contributed by atoms with E-state index in [2.05, 4.69) is 31.0 Å². The van der Waals surface area contributed by atoms with Crippen LogP contribution in [0.1, 0.15) is 29.5 Å². The summed E-state index contributed by atoms with van der Waals surface area (Å²) < 4.78 is 13.9. The van der Waals surface area contributed by atoms with Crippen LogP contribution in [0.15, 0.2) is 27.6 Å². The number of benzene rings is 1. The summed E-state index contributed by atoms with van der Waals surface area (Å²) in [5.74, 6) is 0.502. The second-order valence-corrected chi connectivity index (χ2v) is 7.33. The van der Waals surface area contributed by atoms with E-state index in [1.807, 2.05) is 26.0 Å². The predicted molar refractivity (Wildman–Crippen MR) is 101 cm³/mol. The first-order valence-electron chi connectivity index (χ1n) is 8.49. The molecular weight excluding hydrogens is 400 g/mol. The van der Waals surface area contributed by atoms with Crippen molar-refractivity contribution in [3.8, 4) is 5.69 Å². The lowest BCUT2D eigenvalue weighted by atomic mass is 10.1. The molecule has 0 bridgehead atoms. The fourth-order valence-corrected chi connectivity index (χ4v) is 3.99. The minimum Gasteiger partial charge on any atom is -0.379 e. The average Bonchev–Trinajstić information content (AvgIpc) is 2.81. The Morgan fingerprint density at radius 3 is 2.77 bits per heavy atom. The number of ether oxygens (including phenoxy) is 2. The Bertz CT molecular complexity index is 996. The van der Waals surface area contributed by atoms with Gasteiger partial charge >= 0.3 is 0 Å². The topological polar surface area (TPSA) is 82.0 Å². The Balaban J connectivity index is 1.81. The van der Waals surface area contributed by atoms with Crippen LogP contribution in [0.25, 0.3) is 16.7 Å². The first kappa shape index (κ1) is 17.4. The van der Waals surface area contributed by atoms with Gasteiger partial charge in [-0.05, 0) is 37.1 Å². The summed E-state index contributed by atoms with van der Waals surface area (Å²) in [7, 11) is 0. The smallest absolute Gasteiger partial charge is 0.262 e. The molecule has 4 rings (SSSR count). The summed E-state index contributed by atoms with van der Waals surface area (Å²) in [6, 6.07) is 4.05. The second-order valence-electron chi connectivity index (χ2n) is 6.41. The van der Waals surface area contributed by atoms with Crippen molar-refractivity contribution in [3.63, 3.8) is 0 Å². The molecule has 2 aromatic heterocycles. The summed E-state index contributed by atoms with van der Waals surface area (Å²) in [6.45, 7) is 5.65. The molecule has 1 aliphatic rings. The van der Waals surface area contributed by atoms with E-state index in [1.165, 1.54) is 0 Å². The number of H-pyrrole nitrogens is 1. The van der Waals surface area contributed by atoms with Crippen LogP contribution in [0.4, 0.5) is 0 Å². The molecule has 26 heavy (non-hydrogen) atoms. The number of fused-ring (bicyclic) bond motifs is 1. The zero-order valence-corrected chi connectivity index (χ0v) is 16.2. The fourth-order valence-electron chi connectivity index (χ4n) is 3.31. The van der Waals surface area contributed by atoms with E-state index in [-0.39, 0.29) is 11.7 Å². The quantitative estimate of drug-likeness (QED) is 0.691. The van der Waals surface area contributed by atoms with Crippen molar-refractivity contribution in [1.29, 1.82) is 0 Å². The van der Waals surface area contributed by atoms with Crippen LogP contribution in [-0.2, 0) is 9.47 Å². The molecule has 0 saturated carbocycles. The number of hydrogen-bond donors (Lipinski definition) is 1. The van der Waals surface area contributed by atoms with Crippen molar-refractivity contribution >= 4 is 27.0 Å². The molecule has 1 aromatic carbocycles. The normalized spacial score (nSPS) is 18.2. The van der Waals surface area contributed by atoms with Crippen LogP contribution in [0.2, 0.25) is 0 Å². The van der Waals surface area contributed by atoms with Gasteiger partial charge in [0.05, 0.1) is 18.9 Å². The summed E-state index contributed by atoms with van der Waals surface area (Å²) in [5.41, 5.74) is 3.28. The van der Waals surface area contributed by atoms with Crippen LogP contribution in [0.5, 0.6) is 0 Å². The van der Waals surface area contributed by atoms with Crippen molar-refractivity contribution in [1.82, 2.24) is 19.7 Å². The van der Waals surface area contributed by atoms with E-state index in [1.54, 1.807) is 10.9 Å². The van der Waals surface area contributed by atoms with Gasteiger partial charge in [-0.15, -0.1) is 5.10 Å². The molecular formula is C18H19BrN4O3. The SMILES string of the molecule is Cc1cc(Br)cc(C)c1-n1cc2c(=O)[nH]c(C3CCOCCO3)nc2n1. The number of nitrogens with one attached hydrogen (secondary N) is 1. The largest absolute Gasteiger partial charge is 0.379 e. The molecule has 3 heterocycles. The monoisotopic (exact) mass is 418 g/mol. The van der Waals surface area contributed by atoms with Crippen LogP contribution in [0, 0.1) is 13.8 Å². The van der Waals surface area contributed by atoms with E-state index >= 15 is 0 Å². The molecule has 1 fully saturated rings. The third-order valence-corrected chi connectivity index (χ3v) is 4.93. The third-order valence-electron chi connectivity index (χ3n) is 4.47. The van der Waals surface area contributed by atoms with Gasteiger partial charge in [0.1, 0.15) is 17.3 Å². The van der Waals surface area contributed by atoms with Crippen molar-refractivity contribution in [2.75, 3.05) is 19.8 Å². The summed E-state index contributed by atoms with van der Waals surface area (Å²) in [4.78, 5) is 19.9. The standard InChI is InChI=1S/C18H19BrN4O3/c1-10-7-12(19)8-11(2)15(10)23-9-13-16(22-23)20-17(21-18(13)24)14-3-4-25-5-6-26-14/h7-9,14H,3-6H2,1-2H3,(H,20,21,22,24). The Hall–Kier alpha value is -2.03. The van der Waals surface area contributed by atoms with Gasteiger partial charge in [-0.25, -0.2) is 9.67 Å². The Morgan fingerprint density at radius 2 is 2.00 bits per heavy atom. The molecule has 0 spiro atoms. The number of aromatic nitrogens is 4. The second kappa shape index (κ2) is 6.94. The van der Waals surface area contributed by atoms with E-state index in [0.717, 1.165) is 21.3 Å². The van der Waals surface area contributed by atoms with E-state index in [0.29, 0.717) is 43.1 Å². The maximum atomic E-state index is 12.6. The predicted octanol–water partition coefficient (Wildman–Crippen LogP) is 2.97. The van der Waals surface area contributed by atoms with Gasteiger partial charge in [-0.3, -0.25) is 4.79 Å². The lowest BCUT2D eigenvalue weighted by Gasteiger charge is -2.12. The van der Waals surface area contributed by atoms with Gasteiger partial charge in [0, 0.05) is 23.7 Å². The highest BCUT2D eigenvalue weighted by atomic mass is 79.9. The highest BCUT2D eigenvalue weighted by Crippen LogP contribution is 2.25. The molecule has 1 aliphatic heterocycles. The highest BCUT2D eigenvalue weighted by Gasteiger charge is 2.20. The van der Waals surface area contributed by atoms with Crippen LogP contribution >= 0.6 is 15.9 Å². The Morgan fingerprint density at radius 1 is 1.23 bits per heavy atom. The number of nitrogens with zero attached hydrogens (tertiary/aromatic N) is 3. The van der Waals surface area contributed by atoms with Gasteiger partial charge in [-0.1, -0.05) is 15.9 Å². The minimum absolute atomic E-state index is 0.211. The van der Waals surface area contributed by atoms with E-state index in [4.69, 9.17) is 9.47 Å². The first-order chi connectivity index (χ1) is 12.5. The number of aromatic amines is 1. The molecule has 7 nitrogen and oxygen atoms in total. The maximum Gasteiger partial charge on any atom is 0.262 e. The third kappa shape index (κ3) is 3.20. The van der Waals surface area contributed by atoms with Gasteiger partial charge in [-0.2, -0.15) is 0 Å². The maximum absolute atomic E-state index is 12.6. The van der Waals surface area contributed by atoms with Gasteiger partial charge < -0.3 is 14.5 Å². The summed E-state index contributed by atoms with van der Waals surface area (Å²) >= 11 is 3.50. The Labute approximate surface area is 158 Å². The van der Waals surface area contributed by atoms with Gasteiger partial charge in [0.15, 0.2) is 5.65 Å². The molecule has 136 valence electrons. The summed E-state index contributed by atoms with van der Waals surface area (Å²) in [6.07, 6.45) is 2.10. The number of hydrogen-bond acceptors (Lipinski definition) is 5. The molecule has 8 heteroatoms. The van der Waals surface area contributed by atoms with Crippen molar-refractivity contribution < 1.29 is 9.47 Å².